The van der Waals surface area contributed by atoms with Crippen LogP contribution in [0.2, 0.25) is 0 Å². The van der Waals surface area contributed by atoms with Crippen LogP contribution in [0.5, 0.6) is 0 Å². The number of nitrogen functional groups attached to an aromatic ring is 1. The number of fused-ring (bicyclic) bond motifs is 1. The Hall–Kier alpha value is -2.57. The Balaban J connectivity index is 1.57. The molecule has 0 saturated carbocycles. The minimum atomic E-state index is 0.479. The van der Waals surface area contributed by atoms with Gasteiger partial charge in [0.1, 0.15) is 0 Å². The standard InChI is InChI=1S/C23H32N6/c1-16-4-3-5-19(12-16)29-9-6-17(7-10-29)20-14-22-21(26-23(25)27-22)13-18(20)15-28(2)11-8-24/h3-5,12-14,17H,6-11,15,24H2,1-2H3,(H3,25,26,27). The van der Waals surface area contributed by atoms with Gasteiger partial charge in [-0.2, -0.15) is 0 Å². The van der Waals surface area contributed by atoms with Gasteiger partial charge in [0, 0.05) is 38.4 Å². The van der Waals surface area contributed by atoms with Crippen molar-refractivity contribution in [2.75, 3.05) is 43.9 Å². The molecule has 0 aliphatic carbocycles. The van der Waals surface area contributed by atoms with Crippen LogP contribution in [0.3, 0.4) is 0 Å². The number of anilines is 2. The lowest BCUT2D eigenvalue weighted by Crippen LogP contribution is -2.33. The number of rotatable bonds is 6. The van der Waals surface area contributed by atoms with Crippen molar-refractivity contribution in [3.05, 3.63) is 53.1 Å². The molecule has 154 valence electrons. The summed E-state index contributed by atoms with van der Waals surface area (Å²) in [5.41, 5.74) is 19.1. The molecular weight excluding hydrogens is 360 g/mol. The van der Waals surface area contributed by atoms with Gasteiger partial charge in [-0.15, -0.1) is 0 Å². The fourth-order valence-corrected chi connectivity index (χ4v) is 4.52. The second kappa shape index (κ2) is 8.43. The largest absolute Gasteiger partial charge is 0.371 e. The monoisotopic (exact) mass is 392 g/mol. The van der Waals surface area contributed by atoms with E-state index in [1.807, 2.05) is 0 Å². The Labute approximate surface area is 172 Å². The Morgan fingerprint density at radius 2 is 2.00 bits per heavy atom. The van der Waals surface area contributed by atoms with Gasteiger partial charge in [0.2, 0.25) is 0 Å². The van der Waals surface area contributed by atoms with Crippen LogP contribution >= 0.6 is 0 Å². The van der Waals surface area contributed by atoms with Gasteiger partial charge in [0.05, 0.1) is 11.0 Å². The molecule has 29 heavy (non-hydrogen) atoms. The Bertz CT molecular complexity index is 971. The van der Waals surface area contributed by atoms with Gasteiger partial charge in [0.25, 0.3) is 0 Å². The maximum absolute atomic E-state index is 5.91. The number of nitrogens with two attached hydrogens (primary N) is 2. The van der Waals surface area contributed by atoms with Crippen LogP contribution in [-0.4, -0.2) is 48.1 Å². The van der Waals surface area contributed by atoms with E-state index >= 15 is 0 Å². The second-order valence-electron chi connectivity index (χ2n) is 8.32. The zero-order valence-corrected chi connectivity index (χ0v) is 17.5. The number of hydrogen-bond acceptors (Lipinski definition) is 5. The highest BCUT2D eigenvalue weighted by Crippen LogP contribution is 2.35. The number of imidazole rings is 1. The second-order valence-corrected chi connectivity index (χ2v) is 8.32. The summed E-state index contributed by atoms with van der Waals surface area (Å²) in [4.78, 5) is 12.5. The quantitative estimate of drug-likeness (QED) is 0.599. The van der Waals surface area contributed by atoms with Gasteiger partial charge >= 0.3 is 0 Å². The number of aromatic nitrogens is 2. The van der Waals surface area contributed by atoms with Crippen molar-refractivity contribution in [3.8, 4) is 0 Å². The van der Waals surface area contributed by atoms with Crippen molar-refractivity contribution in [1.82, 2.24) is 14.9 Å². The number of aromatic amines is 1. The van der Waals surface area contributed by atoms with Crippen LogP contribution in [0, 0.1) is 6.92 Å². The number of aryl methyl sites for hydroxylation is 1. The summed E-state index contributed by atoms with van der Waals surface area (Å²) in [6.07, 6.45) is 2.29. The first-order valence-electron chi connectivity index (χ1n) is 10.5. The lowest BCUT2D eigenvalue weighted by atomic mass is 9.85. The fraction of sp³-hybridized carbons (Fsp3) is 0.435. The van der Waals surface area contributed by atoms with Gasteiger partial charge in [-0.1, -0.05) is 12.1 Å². The van der Waals surface area contributed by atoms with Gasteiger partial charge in [0.15, 0.2) is 5.95 Å². The summed E-state index contributed by atoms with van der Waals surface area (Å²) < 4.78 is 0. The Kier molecular flexibility index (Phi) is 5.74. The summed E-state index contributed by atoms with van der Waals surface area (Å²) in [7, 11) is 2.13. The third kappa shape index (κ3) is 4.38. The van der Waals surface area contributed by atoms with Crippen molar-refractivity contribution in [1.29, 1.82) is 0 Å². The normalized spacial score (nSPS) is 15.5. The maximum atomic E-state index is 5.91. The fourth-order valence-electron chi connectivity index (χ4n) is 4.52. The van der Waals surface area contributed by atoms with E-state index in [1.54, 1.807) is 0 Å². The molecule has 6 heteroatoms. The molecule has 2 heterocycles. The third-order valence-corrected chi connectivity index (χ3v) is 6.01. The third-order valence-electron chi connectivity index (χ3n) is 6.01. The average Bonchev–Trinajstić information content (AvgIpc) is 3.06. The van der Waals surface area contributed by atoms with Crippen LogP contribution in [-0.2, 0) is 6.54 Å². The number of H-pyrrole nitrogens is 1. The van der Waals surface area contributed by atoms with Crippen LogP contribution in [0.15, 0.2) is 36.4 Å². The highest BCUT2D eigenvalue weighted by Gasteiger charge is 2.24. The molecule has 0 amide bonds. The molecule has 1 aliphatic rings. The molecule has 5 N–H and O–H groups in total. The number of benzene rings is 2. The molecule has 2 aromatic carbocycles. The van der Waals surface area contributed by atoms with E-state index in [1.165, 1.54) is 22.4 Å². The van der Waals surface area contributed by atoms with Crippen molar-refractivity contribution < 1.29 is 0 Å². The average molecular weight is 393 g/mol. The van der Waals surface area contributed by atoms with E-state index in [-0.39, 0.29) is 0 Å². The number of nitrogens with one attached hydrogen (secondary N) is 1. The SMILES string of the molecule is Cc1cccc(N2CCC(c3cc4nc(N)[nH]c4cc3CN(C)CCN)CC2)c1. The molecule has 0 radical (unpaired) electrons. The molecule has 6 nitrogen and oxygen atoms in total. The minimum Gasteiger partial charge on any atom is -0.371 e. The number of nitrogens with zero attached hydrogens (tertiary/aromatic N) is 3. The first kappa shape index (κ1) is 19.7. The van der Waals surface area contributed by atoms with E-state index in [0.717, 1.165) is 50.1 Å². The number of hydrogen-bond donors (Lipinski definition) is 3. The summed E-state index contributed by atoms with van der Waals surface area (Å²) in [5, 5.41) is 0. The van der Waals surface area contributed by atoms with Gasteiger partial charge in [-0.05, 0) is 73.7 Å². The topological polar surface area (TPSA) is 87.2 Å². The van der Waals surface area contributed by atoms with E-state index in [0.29, 0.717) is 18.4 Å². The lowest BCUT2D eigenvalue weighted by Gasteiger charge is -2.35. The summed E-state index contributed by atoms with van der Waals surface area (Å²) in [6.45, 7) is 6.75. The first-order chi connectivity index (χ1) is 14.0. The van der Waals surface area contributed by atoms with E-state index in [4.69, 9.17) is 11.5 Å². The van der Waals surface area contributed by atoms with Crippen molar-refractivity contribution >= 4 is 22.7 Å². The van der Waals surface area contributed by atoms with Gasteiger partial charge in [-0.3, -0.25) is 0 Å². The molecular formula is C23H32N6. The zero-order chi connectivity index (χ0) is 20.4. The Morgan fingerprint density at radius 1 is 1.21 bits per heavy atom. The molecule has 1 fully saturated rings. The van der Waals surface area contributed by atoms with Crippen LogP contribution in [0.25, 0.3) is 11.0 Å². The number of likely N-dealkylation sites (N-methyl/N-ethyl adjacent to an activating group) is 1. The molecule has 1 aliphatic heterocycles. The molecule has 0 bridgehead atoms. The van der Waals surface area contributed by atoms with Crippen molar-refractivity contribution in [3.63, 3.8) is 0 Å². The highest BCUT2D eigenvalue weighted by atomic mass is 15.1. The van der Waals surface area contributed by atoms with E-state index < -0.39 is 0 Å². The van der Waals surface area contributed by atoms with Gasteiger partial charge < -0.3 is 26.3 Å². The predicted molar refractivity (Wildman–Crippen MR) is 121 cm³/mol. The molecule has 0 atom stereocenters. The summed E-state index contributed by atoms with van der Waals surface area (Å²) >= 11 is 0. The van der Waals surface area contributed by atoms with Crippen LogP contribution in [0.4, 0.5) is 11.6 Å². The van der Waals surface area contributed by atoms with E-state index in [2.05, 4.69) is 70.1 Å². The van der Waals surface area contributed by atoms with Crippen LogP contribution < -0.4 is 16.4 Å². The van der Waals surface area contributed by atoms with Crippen LogP contribution in [0.1, 0.15) is 35.4 Å². The Morgan fingerprint density at radius 3 is 2.72 bits per heavy atom. The molecule has 0 unspecified atom stereocenters. The smallest absolute Gasteiger partial charge is 0.198 e. The van der Waals surface area contributed by atoms with E-state index in [9.17, 15) is 0 Å². The predicted octanol–water partition coefficient (Wildman–Crippen LogP) is 3.23. The molecule has 4 rings (SSSR count). The lowest BCUT2D eigenvalue weighted by molar-refractivity contribution is 0.333. The zero-order valence-electron chi connectivity index (χ0n) is 17.5. The van der Waals surface area contributed by atoms with Gasteiger partial charge in [-0.25, -0.2) is 4.98 Å². The molecule has 0 spiro atoms. The highest BCUT2D eigenvalue weighted by molar-refractivity contribution is 5.79. The van der Waals surface area contributed by atoms with Crippen molar-refractivity contribution in [2.45, 2.75) is 32.2 Å². The number of piperidine rings is 1. The molecule has 3 aromatic rings. The summed E-state index contributed by atoms with van der Waals surface area (Å²) in [6, 6.07) is 13.3. The first-order valence-corrected chi connectivity index (χ1v) is 10.5. The molecule has 1 aromatic heterocycles. The summed E-state index contributed by atoms with van der Waals surface area (Å²) in [5.74, 6) is 1.02. The molecule has 1 saturated heterocycles. The van der Waals surface area contributed by atoms with Crippen molar-refractivity contribution in [2.24, 2.45) is 5.73 Å². The minimum absolute atomic E-state index is 0.479. The maximum Gasteiger partial charge on any atom is 0.198 e.